The number of nitriles is 1. The standard InChI is InChI=1S/C15H17N5O/c1-21-13-8-11(9-16)5-6-12(13)17-10-15-19-18-14-4-2-3-7-20(14)15/h5-6,8,17H,2-4,7,10H2,1H3. The molecule has 6 heteroatoms. The van der Waals surface area contributed by atoms with Crippen molar-refractivity contribution in [2.75, 3.05) is 12.4 Å². The van der Waals surface area contributed by atoms with Crippen molar-refractivity contribution in [3.8, 4) is 11.8 Å². The van der Waals surface area contributed by atoms with Gasteiger partial charge in [0, 0.05) is 19.0 Å². The molecule has 0 saturated heterocycles. The maximum absolute atomic E-state index is 8.91. The Morgan fingerprint density at radius 2 is 2.29 bits per heavy atom. The number of methoxy groups -OCH3 is 1. The SMILES string of the molecule is COc1cc(C#N)ccc1NCc1nnc2n1CCCC2. The van der Waals surface area contributed by atoms with Crippen molar-refractivity contribution < 1.29 is 4.74 Å². The van der Waals surface area contributed by atoms with Crippen LogP contribution in [0.3, 0.4) is 0 Å². The zero-order valence-electron chi connectivity index (χ0n) is 12.0. The quantitative estimate of drug-likeness (QED) is 0.930. The summed E-state index contributed by atoms with van der Waals surface area (Å²) in [6.07, 6.45) is 3.38. The number of nitrogens with one attached hydrogen (secondary N) is 1. The lowest BCUT2D eigenvalue weighted by Gasteiger charge is -2.16. The number of anilines is 1. The molecule has 0 fully saturated rings. The number of rotatable bonds is 4. The molecule has 3 rings (SSSR count). The molecular weight excluding hydrogens is 266 g/mol. The molecule has 2 aromatic rings. The topological polar surface area (TPSA) is 75.8 Å². The molecule has 0 unspecified atom stereocenters. The second kappa shape index (κ2) is 5.83. The van der Waals surface area contributed by atoms with E-state index in [2.05, 4.69) is 26.2 Å². The molecule has 2 heterocycles. The summed E-state index contributed by atoms with van der Waals surface area (Å²) < 4.78 is 7.50. The lowest BCUT2D eigenvalue weighted by Crippen LogP contribution is -2.15. The van der Waals surface area contributed by atoms with Gasteiger partial charge in [0.2, 0.25) is 0 Å². The first-order chi connectivity index (χ1) is 10.3. The van der Waals surface area contributed by atoms with Crippen molar-refractivity contribution in [3.05, 3.63) is 35.4 Å². The van der Waals surface area contributed by atoms with Gasteiger partial charge in [0.05, 0.1) is 31.0 Å². The molecule has 0 radical (unpaired) electrons. The van der Waals surface area contributed by atoms with Crippen LogP contribution in [0.2, 0.25) is 0 Å². The largest absolute Gasteiger partial charge is 0.495 e. The molecule has 1 N–H and O–H groups in total. The number of hydrogen-bond acceptors (Lipinski definition) is 5. The minimum atomic E-state index is 0.581. The summed E-state index contributed by atoms with van der Waals surface area (Å²) in [5, 5.41) is 20.7. The molecule has 0 bridgehead atoms. The second-order valence-electron chi connectivity index (χ2n) is 5.02. The monoisotopic (exact) mass is 283 g/mol. The van der Waals surface area contributed by atoms with E-state index in [9.17, 15) is 0 Å². The molecule has 1 aromatic heterocycles. The molecule has 0 atom stereocenters. The van der Waals surface area contributed by atoms with Crippen LogP contribution in [0.15, 0.2) is 18.2 Å². The molecule has 0 amide bonds. The molecular formula is C15H17N5O. The van der Waals surface area contributed by atoms with Crippen LogP contribution in [-0.4, -0.2) is 21.9 Å². The Morgan fingerprint density at radius 3 is 3.10 bits per heavy atom. The van der Waals surface area contributed by atoms with E-state index >= 15 is 0 Å². The molecule has 1 aliphatic heterocycles. The molecule has 0 saturated carbocycles. The molecule has 1 aliphatic rings. The van der Waals surface area contributed by atoms with Gasteiger partial charge in [-0.15, -0.1) is 10.2 Å². The van der Waals surface area contributed by atoms with Crippen LogP contribution < -0.4 is 10.1 Å². The van der Waals surface area contributed by atoms with Gasteiger partial charge < -0.3 is 14.6 Å². The lowest BCUT2D eigenvalue weighted by molar-refractivity contribution is 0.416. The average Bonchev–Trinajstić information content (AvgIpc) is 2.96. The molecule has 21 heavy (non-hydrogen) atoms. The average molecular weight is 283 g/mol. The van der Waals surface area contributed by atoms with Gasteiger partial charge in [0.1, 0.15) is 11.6 Å². The summed E-state index contributed by atoms with van der Waals surface area (Å²) in [7, 11) is 1.60. The Hall–Kier alpha value is -2.55. The van der Waals surface area contributed by atoms with Crippen LogP contribution >= 0.6 is 0 Å². The van der Waals surface area contributed by atoms with Crippen molar-refractivity contribution >= 4 is 5.69 Å². The number of fused-ring (bicyclic) bond motifs is 1. The normalized spacial score (nSPS) is 13.3. The van der Waals surface area contributed by atoms with Gasteiger partial charge in [-0.1, -0.05) is 0 Å². The Bertz CT molecular complexity index is 686. The molecule has 0 aliphatic carbocycles. The fraction of sp³-hybridized carbons (Fsp3) is 0.400. The predicted molar refractivity (Wildman–Crippen MR) is 78.0 cm³/mol. The number of benzene rings is 1. The summed E-state index contributed by atoms with van der Waals surface area (Å²) in [5.74, 6) is 2.67. The van der Waals surface area contributed by atoms with Gasteiger partial charge in [-0.05, 0) is 25.0 Å². The minimum Gasteiger partial charge on any atom is -0.495 e. The Labute approximate surface area is 123 Å². The molecule has 6 nitrogen and oxygen atoms in total. The van der Waals surface area contributed by atoms with Crippen LogP contribution in [-0.2, 0) is 19.5 Å². The number of aryl methyl sites for hydroxylation is 1. The van der Waals surface area contributed by atoms with Crippen LogP contribution in [0.4, 0.5) is 5.69 Å². The third kappa shape index (κ3) is 2.68. The van der Waals surface area contributed by atoms with Crippen molar-refractivity contribution in [2.24, 2.45) is 0 Å². The third-order valence-electron chi connectivity index (χ3n) is 3.70. The van der Waals surface area contributed by atoms with Crippen LogP contribution in [0, 0.1) is 11.3 Å². The summed E-state index contributed by atoms with van der Waals surface area (Å²) in [5.41, 5.74) is 1.43. The molecule has 1 aromatic carbocycles. The summed E-state index contributed by atoms with van der Waals surface area (Å²) >= 11 is 0. The maximum atomic E-state index is 8.91. The summed E-state index contributed by atoms with van der Waals surface area (Å²) in [6.45, 7) is 1.58. The van der Waals surface area contributed by atoms with E-state index in [0.29, 0.717) is 17.9 Å². The van der Waals surface area contributed by atoms with Crippen molar-refractivity contribution in [3.63, 3.8) is 0 Å². The van der Waals surface area contributed by atoms with Gasteiger partial charge in [0.25, 0.3) is 0 Å². The minimum absolute atomic E-state index is 0.581. The smallest absolute Gasteiger partial charge is 0.152 e. The van der Waals surface area contributed by atoms with Gasteiger partial charge in [0.15, 0.2) is 5.82 Å². The highest BCUT2D eigenvalue weighted by Gasteiger charge is 2.15. The number of ether oxygens (including phenoxy) is 1. The van der Waals surface area contributed by atoms with E-state index in [1.165, 1.54) is 12.8 Å². The van der Waals surface area contributed by atoms with E-state index in [1.54, 1.807) is 19.2 Å². The molecule has 0 spiro atoms. The summed E-state index contributed by atoms with van der Waals surface area (Å²) in [6, 6.07) is 7.45. The first-order valence-electron chi connectivity index (χ1n) is 7.05. The van der Waals surface area contributed by atoms with E-state index < -0.39 is 0 Å². The predicted octanol–water partition coefficient (Wildman–Crippen LogP) is 2.11. The fourth-order valence-corrected chi connectivity index (χ4v) is 2.58. The lowest BCUT2D eigenvalue weighted by atomic mass is 10.1. The van der Waals surface area contributed by atoms with Gasteiger partial charge >= 0.3 is 0 Å². The van der Waals surface area contributed by atoms with E-state index in [1.807, 2.05) is 6.07 Å². The Kier molecular flexibility index (Phi) is 3.73. The van der Waals surface area contributed by atoms with Gasteiger partial charge in [-0.2, -0.15) is 5.26 Å². The van der Waals surface area contributed by atoms with E-state index in [0.717, 1.165) is 30.3 Å². The summed E-state index contributed by atoms with van der Waals surface area (Å²) in [4.78, 5) is 0. The van der Waals surface area contributed by atoms with Crippen LogP contribution in [0.5, 0.6) is 5.75 Å². The highest BCUT2D eigenvalue weighted by molar-refractivity contribution is 5.59. The fourth-order valence-electron chi connectivity index (χ4n) is 2.58. The zero-order chi connectivity index (χ0) is 14.7. The van der Waals surface area contributed by atoms with Gasteiger partial charge in [-0.3, -0.25) is 0 Å². The van der Waals surface area contributed by atoms with Crippen molar-refractivity contribution in [1.29, 1.82) is 5.26 Å². The first-order valence-corrected chi connectivity index (χ1v) is 7.05. The zero-order valence-corrected chi connectivity index (χ0v) is 12.0. The Balaban J connectivity index is 1.76. The van der Waals surface area contributed by atoms with E-state index in [4.69, 9.17) is 10.00 Å². The van der Waals surface area contributed by atoms with Crippen LogP contribution in [0.25, 0.3) is 0 Å². The van der Waals surface area contributed by atoms with E-state index in [-0.39, 0.29) is 0 Å². The third-order valence-corrected chi connectivity index (χ3v) is 3.70. The highest BCUT2D eigenvalue weighted by Crippen LogP contribution is 2.26. The van der Waals surface area contributed by atoms with Crippen molar-refractivity contribution in [1.82, 2.24) is 14.8 Å². The molecule has 108 valence electrons. The number of nitrogens with zero attached hydrogens (tertiary/aromatic N) is 4. The first kappa shape index (κ1) is 13.4. The van der Waals surface area contributed by atoms with Gasteiger partial charge in [-0.25, -0.2) is 0 Å². The highest BCUT2D eigenvalue weighted by atomic mass is 16.5. The maximum Gasteiger partial charge on any atom is 0.152 e. The number of hydrogen-bond donors (Lipinski definition) is 1. The second-order valence-corrected chi connectivity index (χ2v) is 5.02. The Morgan fingerprint density at radius 1 is 1.38 bits per heavy atom. The number of aromatic nitrogens is 3. The van der Waals surface area contributed by atoms with Crippen molar-refractivity contribution in [2.45, 2.75) is 32.4 Å². The van der Waals surface area contributed by atoms with Crippen LogP contribution in [0.1, 0.15) is 30.1 Å².